The van der Waals surface area contributed by atoms with Gasteiger partial charge in [0.1, 0.15) is 0 Å². The lowest BCUT2D eigenvalue weighted by Gasteiger charge is -2.20. The predicted molar refractivity (Wildman–Crippen MR) is 72.1 cm³/mol. The van der Waals surface area contributed by atoms with Crippen LogP contribution in [0.1, 0.15) is 19.3 Å². The predicted octanol–water partition coefficient (Wildman–Crippen LogP) is -0.748. The van der Waals surface area contributed by atoms with E-state index in [4.69, 9.17) is 5.73 Å². The highest BCUT2D eigenvalue weighted by Gasteiger charge is 2.10. The first-order valence-electron chi connectivity index (χ1n) is 6.34. The number of nitrogens with zero attached hydrogens (tertiary/aromatic N) is 2. The number of hydrogen-bond donors (Lipinski definition) is 2. The molecule has 0 saturated heterocycles. The van der Waals surface area contributed by atoms with E-state index in [0.29, 0.717) is 39.0 Å². The Morgan fingerprint density at radius 3 is 2.28 bits per heavy atom. The Morgan fingerprint density at radius 2 is 1.72 bits per heavy atom. The van der Waals surface area contributed by atoms with Crippen LogP contribution in [0.25, 0.3) is 0 Å². The fourth-order valence-corrected chi connectivity index (χ4v) is 1.46. The molecule has 0 spiro atoms. The van der Waals surface area contributed by atoms with E-state index in [1.807, 2.05) is 11.9 Å². The Hall–Kier alpha value is -1.14. The maximum absolute atomic E-state index is 11.7. The van der Waals surface area contributed by atoms with Gasteiger partial charge in [0, 0.05) is 46.6 Å². The van der Waals surface area contributed by atoms with Gasteiger partial charge < -0.3 is 20.9 Å². The molecule has 0 rings (SSSR count). The Morgan fingerprint density at radius 1 is 1.11 bits per heavy atom. The molecule has 0 bridgehead atoms. The van der Waals surface area contributed by atoms with Gasteiger partial charge in [0.05, 0.1) is 0 Å². The van der Waals surface area contributed by atoms with E-state index in [9.17, 15) is 9.59 Å². The molecule has 0 heterocycles. The first-order valence-corrected chi connectivity index (χ1v) is 6.34. The second kappa shape index (κ2) is 9.85. The number of rotatable bonds is 9. The van der Waals surface area contributed by atoms with Gasteiger partial charge in [-0.05, 0) is 20.0 Å². The summed E-state index contributed by atoms with van der Waals surface area (Å²) in [4.78, 5) is 26.5. The third-order valence-electron chi connectivity index (χ3n) is 2.83. The van der Waals surface area contributed by atoms with Crippen molar-refractivity contribution >= 4 is 11.8 Å². The van der Waals surface area contributed by atoms with Crippen LogP contribution in [-0.2, 0) is 9.59 Å². The summed E-state index contributed by atoms with van der Waals surface area (Å²) >= 11 is 0. The van der Waals surface area contributed by atoms with Crippen molar-refractivity contribution in [1.82, 2.24) is 15.1 Å². The molecule has 0 saturated carbocycles. The Balaban J connectivity index is 3.73. The molecular formula is C12H26N4O2. The van der Waals surface area contributed by atoms with Crippen LogP contribution in [0.3, 0.4) is 0 Å². The second-order valence-electron chi connectivity index (χ2n) is 4.43. The number of nitrogens with two attached hydrogens (primary N) is 1. The summed E-state index contributed by atoms with van der Waals surface area (Å²) in [5, 5.41) is 2.57. The van der Waals surface area contributed by atoms with Gasteiger partial charge in [0.25, 0.3) is 0 Å². The van der Waals surface area contributed by atoms with Gasteiger partial charge in [-0.15, -0.1) is 0 Å². The lowest BCUT2D eigenvalue weighted by molar-refractivity contribution is -0.130. The minimum Gasteiger partial charge on any atom is -0.359 e. The molecule has 0 atom stereocenters. The molecule has 18 heavy (non-hydrogen) atoms. The van der Waals surface area contributed by atoms with Gasteiger partial charge in [-0.3, -0.25) is 9.59 Å². The van der Waals surface area contributed by atoms with Crippen molar-refractivity contribution in [2.75, 3.05) is 47.3 Å². The number of carbonyl (C=O) groups is 2. The average molecular weight is 258 g/mol. The fourth-order valence-electron chi connectivity index (χ4n) is 1.46. The van der Waals surface area contributed by atoms with Crippen molar-refractivity contribution in [3.63, 3.8) is 0 Å². The quantitative estimate of drug-likeness (QED) is 0.570. The molecule has 0 unspecified atom stereocenters. The Kier molecular flexibility index (Phi) is 9.22. The standard InChI is InChI=1S/C12H26N4O2/c1-14-11(17)5-9-15(2)10-6-12(18)16(3)8-4-7-13/h4-10,13H2,1-3H3,(H,14,17). The lowest BCUT2D eigenvalue weighted by Crippen LogP contribution is -2.33. The highest BCUT2D eigenvalue weighted by molar-refractivity contribution is 5.76. The summed E-state index contributed by atoms with van der Waals surface area (Å²) in [6, 6.07) is 0. The molecule has 6 nitrogen and oxygen atoms in total. The summed E-state index contributed by atoms with van der Waals surface area (Å²) in [6.45, 7) is 2.64. The van der Waals surface area contributed by atoms with Crippen LogP contribution >= 0.6 is 0 Å². The maximum atomic E-state index is 11.7. The zero-order chi connectivity index (χ0) is 14.0. The van der Waals surface area contributed by atoms with Crippen molar-refractivity contribution < 1.29 is 9.59 Å². The average Bonchev–Trinajstić information content (AvgIpc) is 2.38. The van der Waals surface area contributed by atoms with Crippen molar-refractivity contribution in [3.05, 3.63) is 0 Å². The van der Waals surface area contributed by atoms with Crippen molar-refractivity contribution in [2.45, 2.75) is 19.3 Å². The van der Waals surface area contributed by atoms with Crippen LogP contribution in [-0.4, -0.2) is 68.9 Å². The number of nitrogens with one attached hydrogen (secondary N) is 1. The molecule has 3 N–H and O–H groups in total. The Bertz CT molecular complexity index is 258. The third-order valence-corrected chi connectivity index (χ3v) is 2.83. The summed E-state index contributed by atoms with van der Waals surface area (Å²) in [5.74, 6) is 0.142. The van der Waals surface area contributed by atoms with E-state index in [-0.39, 0.29) is 11.8 Å². The first-order chi connectivity index (χ1) is 8.51. The van der Waals surface area contributed by atoms with Crippen LogP contribution in [0.4, 0.5) is 0 Å². The molecule has 0 aliphatic heterocycles. The van der Waals surface area contributed by atoms with Gasteiger partial charge in [0.15, 0.2) is 0 Å². The number of hydrogen-bond acceptors (Lipinski definition) is 4. The van der Waals surface area contributed by atoms with Gasteiger partial charge in [-0.2, -0.15) is 0 Å². The molecule has 0 aliphatic carbocycles. The van der Waals surface area contributed by atoms with E-state index in [2.05, 4.69) is 5.32 Å². The van der Waals surface area contributed by atoms with E-state index in [0.717, 1.165) is 6.42 Å². The van der Waals surface area contributed by atoms with Crippen LogP contribution < -0.4 is 11.1 Å². The normalized spacial score (nSPS) is 10.5. The smallest absolute Gasteiger partial charge is 0.223 e. The monoisotopic (exact) mass is 258 g/mol. The molecule has 106 valence electrons. The zero-order valence-electron chi connectivity index (χ0n) is 11.7. The summed E-state index contributed by atoms with van der Waals surface area (Å²) < 4.78 is 0. The van der Waals surface area contributed by atoms with Gasteiger partial charge >= 0.3 is 0 Å². The molecule has 0 fully saturated rings. The SMILES string of the molecule is CNC(=O)CCN(C)CCC(=O)N(C)CCCN. The summed E-state index contributed by atoms with van der Waals surface area (Å²) in [6.07, 6.45) is 1.77. The van der Waals surface area contributed by atoms with Crippen LogP contribution in [0.15, 0.2) is 0 Å². The molecule has 2 amide bonds. The van der Waals surface area contributed by atoms with Crippen molar-refractivity contribution in [1.29, 1.82) is 0 Å². The van der Waals surface area contributed by atoms with Gasteiger partial charge in [0.2, 0.25) is 11.8 Å². The van der Waals surface area contributed by atoms with Crippen molar-refractivity contribution in [2.24, 2.45) is 5.73 Å². The van der Waals surface area contributed by atoms with Gasteiger partial charge in [-0.1, -0.05) is 0 Å². The molecule has 0 aromatic carbocycles. The minimum absolute atomic E-state index is 0.0215. The topological polar surface area (TPSA) is 78.7 Å². The van der Waals surface area contributed by atoms with E-state index < -0.39 is 0 Å². The number of carbonyl (C=O) groups excluding carboxylic acids is 2. The highest BCUT2D eigenvalue weighted by Crippen LogP contribution is 1.96. The first kappa shape index (κ1) is 16.9. The molecule has 0 aromatic rings. The molecule has 0 radical (unpaired) electrons. The largest absolute Gasteiger partial charge is 0.359 e. The summed E-state index contributed by atoms with van der Waals surface area (Å²) in [7, 11) is 5.33. The van der Waals surface area contributed by atoms with E-state index in [1.54, 1.807) is 19.0 Å². The van der Waals surface area contributed by atoms with Crippen molar-refractivity contribution in [3.8, 4) is 0 Å². The van der Waals surface area contributed by atoms with Crippen LogP contribution in [0, 0.1) is 0 Å². The number of amides is 2. The van der Waals surface area contributed by atoms with Crippen LogP contribution in [0.5, 0.6) is 0 Å². The second-order valence-corrected chi connectivity index (χ2v) is 4.43. The maximum Gasteiger partial charge on any atom is 0.223 e. The molecule has 6 heteroatoms. The molecule has 0 aromatic heterocycles. The zero-order valence-corrected chi connectivity index (χ0v) is 11.7. The fraction of sp³-hybridized carbons (Fsp3) is 0.833. The molecular weight excluding hydrogens is 232 g/mol. The van der Waals surface area contributed by atoms with Gasteiger partial charge in [-0.25, -0.2) is 0 Å². The van der Waals surface area contributed by atoms with Crippen LogP contribution in [0.2, 0.25) is 0 Å². The Labute approximate surface area is 109 Å². The van der Waals surface area contributed by atoms with E-state index >= 15 is 0 Å². The summed E-state index contributed by atoms with van der Waals surface area (Å²) in [5.41, 5.74) is 5.40. The lowest BCUT2D eigenvalue weighted by atomic mass is 10.3. The minimum atomic E-state index is 0.0215. The van der Waals surface area contributed by atoms with E-state index in [1.165, 1.54) is 0 Å². The molecule has 0 aliphatic rings. The third kappa shape index (κ3) is 8.03. The highest BCUT2D eigenvalue weighted by atomic mass is 16.2.